The molecular weight excluding hydrogens is 314 g/mol. The van der Waals surface area contributed by atoms with E-state index in [1.54, 1.807) is 31.0 Å². The summed E-state index contributed by atoms with van der Waals surface area (Å²) in [5, 5.41) is 2.98. The van der Waals surface area contributed by atoms with Gasteiger partial charge in [0.15, 0.2) is 0 Å². The van der Waals surface area contributed by atoms with Crippen molar-refractivity contribution in [1.29, 1.82) is 0 Å². The number of amides is 1. The maximum Gasteiger partial charge on any atom is 0.255 e. The van der Waals surface area contributed by atoms with Crippen molar-refractivity contribution in [1.82, 2.24) is 5.32 Å². The van der Waals surface area contributed by atoms with Crippen LogP contribution in [0.3, 0.4) is 0 Å². The molecule has 1 unspecified atom stereocenters. The predicted octanol–water partition coefficient (Wildman–Crippen LogP) is 3.33. The number of ether oxygens (including phenoxy) is 1. The molecule has 1 aromatic rings. The first-order valence-corrected chi connectivity index (χ1v) is 7.90. The number of methoxy groups -OCH3 is 1. The summed E-state index contributed by atoms with van der Waals surface area (Å²) in [5.74, 6) is 1.53. The van der Waals surface area contributed by atoms with Gasteiger partial charge in [-0.05, 0) is 43.6 Å². The molecule has 1 rings (SSSR count). The van der Waals surface area contributed by atoms with Crippen LogP contribution in [0.1, 0.15) is 23.7 Å². The Balaban J connectivity index is 2.74. The van der Waals surface area contributed by atoms with Crippen molar-refractivity contribution in [3.8, 4) is 5.75 Å². The van der Waals surface area contributed by atoms with E-state index in [1.807, 2.05) is 13.0 Å². The normalized spacial score (nSPS) is 12.0. The highest BCUT2D eigenvalue weighted by atomic mass is 79.9. The second-order valence-electron chi connectivity index (χ2n) is 4.00. The van der Waals surface area contributed by atoms with Crippen LogP contribution in [0.4, 0.5) is 0 Å². The van der Waals surface area contributed by atoms with Crippen molar-refractivity contribution < 1.29 is 9.53 Å². The fourth-order valence-corrected chi connectivity index (χ4v) is 2.48. The number of thioether (sulfide) groups is 1. The van der Waals surface area contributed by atoms with E-state index in [1.165, 1.54) is 0 Å². The molecule has 0 spiro atoms. The highest BCUT2D eigenvalue weighted by Crippen LogP contribution is 2.23. The Morgan fingerprint density at radius 3 is 2.89 bits per heavy atom. The smallest absolute Gasteiger partial charge is 0.255 e. The molecular formula is C13H18BrNO2S. The van der Waals surface area contributed by atoms with Gasteiger partial charge in [0, 0.05) is 10.5 Å². The van der Waals surface area contributed by atoms with Gasteiger partial charge in [-0.3, -0.25) is 4.79 Å². The Morgan fingerprint density at radius 1 is 1.56 bits per heavy atom. The van der Waals surface area contributed by atoms with E-state index in [9.17, 15) is 4.79 Å². The van der Waals surface area contributed by atoms with Crippen molar-refractivity contribution >= 4 is 33.6 Å². The first kappa shape index (κ1) is 15.4. The summed E-state index contributed by atoms with van der Waals surface area (Å²) in [6.45, 7) is 2.01. The average molecular weight is 332 g/mol. The van der Waals surface area contributed by atoms with Crippen LogP contribution in [0.2, 0.25) is 0 Å². The van der Waals surface area contributed by atoms with Gasteiger partial charge in [-0.2, -0.15) is 11.8 Å². The van der Waals surface area contributed by atoms with Crippen molar-refractivity contribution in [3.05, 3.63) is 28.2 Å². The van der Waals surface area contributed by atoms with E-state index in [0.717, 1.165) is 16.6 Å². The molecule has 5 heteroatoms. The molecule has 0 aliphatic carbocycles. The van der Waals surface area contributed by atoms with Crippen LogP contribution in [-0.4, -0.2) is 31.1 Å². The number of rotatable bonds is 6. The Hall–Kier alpha value is -0.680. The highest BCUT2D eigenvalue weighted by Gasteiger charge is 2.14. The van der Waals surface area contributed by atoms with E-state index < -0.39 is 0 Å². The van der Waals surface area contributed by atoms with Crippen LogP contribution in [0, 0.1) is 0 Å². The minimum atomic E-state index is -0.0956. The summed E-state index contributed by atoms with van der Waals surface area (Å²) in [6, 6.07) is 5.57. The number of halogens is 1. The summed E-state index contributed by atoms with van der Waals surface area (Å²) in [7, 11) is 1.57. The monoisotopic (exact) mass is 331 g/mol. The lowest BCUT2D eigenvalue weighted by molar-refractivity contribution is 0.0936. The number of hydrogen-bond donors (Lipinski definition) is 1. The maximum atomic E-state index is 12.1. The molecule has 0 aromatic heterocycles. The molecule has 18 heavy (non-hydrogen) atoms. The largest absolute Gasteiger partial charge is 0.496 e. The molecule has 100 valence electrons. The van der Waals surface area contributed by atoms with Gasteiger partial charge in [0.1, 0.15) is 5.75 Å². The van der Waals surface area contributed by atoms with Crippen LogP contribution < -0.4 is 10.1 Å². The number of nitrogens with one attached hydrogen (secondary N) is 1. The van der Waals surface area contributed by atoms with E-state index in [0.29, 0.717) is 11.3 Å². The number of carbonyl (C=O) groups is 1. The van der Waals surface area contributed by atoms with Gasteiger partial charge in [-0.1, -0.05) is 15.9 Å². The van der Waals surface area contributed by atoms with E-state index in [-0.39, 0.29) is 11.9 Å². The lowest BCUT2D eigenvalue weighted by Crippen LogP contribution is -2.33. The first-order valence-electron chi connectivity index (χ1n) is 5.71. The molecule has 1 N–H and O–H groups in total. The molecule has 0 fully saturated rings. The summed E-state index contributed by atoms with van der Waals surface area (Å²) >= 11 is 5.14. The summed E-state index contributed by atoms with van der Waals surface area (Å²) < 4.78 is 6.06. The van der Waals surface area contributed by atoms with Crippen LogP contribution >= 0.6 is 27.7 Å². The van der Waals surface area contributed by atoms with Crippen LogP contribution in [0.5, 0.6) is 5.75 Å². The van der Waals surface area contributed by atoms with Gasteiger partial charge in [0.25, 0.3) is 5.91 Å². The van der Waals surface area contributed by atoms with Crippen molar-refractivity contribution in [2.24, 2.45) is 0 Å². The first-order chi connectivity index (χ1) is 8.58. The average Bonchev–Trinajstić information content (AvgIpc) is 2.36. The third-order valence-electron chi connectivity index (χ3n) is 2.54. The van der Waals surface area contributed by atoms with Gasteiger partial charge in [0.05, 0.1) is 12.7 Å². The SMILES string of the molecule is COc1ccc(Br)cc1C(=O)NC(C)CCSC. The minimum absolute atomic E-state index is 0.0956. The zero-order valence-electron chi connectivity index (χ0n) is 10.8. The minimum Gasteiger partial charge on any atom is -0.496 e. The maximum absolute atomic E-state index is 12.1. The van der Waals surface area contributed by atoms with Crippen molar-refractivity contribution in [2.75, 3.05) is 19.1 Å². The fourth-order valence-electron chi connectivity index (χ4n) is 1.53. The van der Waals surface area contributed by atoms with Gasteiger partial charge in [-0.15, -0.1) is 0 Å². The van der Waals surface area contributed by atoms with Crippen LogP contribution in [-0.2, 0) is 0 Å². The van der Waals surface area contributed by atoms with E-state index in [2.05, 4.69) is 27.5 Å². The molecule has 1 aromatic carbocycles. The molecule has 1 amide bonds. The fraction of sp³-hybridized carbons (Fsp3) is 0.462. The Labute approximate surface area is 121 Å². The molecule has 0 saturated carbocycles. The molecule has 1 atom stereocenters. The van der Waals surface area contributed by atoms with E-state index in [4.69, 9.17) is 4.74 Å². The molecule has 0 bridgehead atoms. The molecule has 3 nitrogen and oxygen atoms in total. The number of carbonyl (C=O) groups excluding carboxylic acids is 1. The molecule has 0 aliphatic rings. The highest BCUT2D eigenvalue weighted by molar-refractivity contribution is 9.10. The molecule has 0 saturated heterocycles. The molecule has 0 radical (unpaired) electrons. The quantitative estimate of drug-likeness (QED) is 0.868. The summed E-state index contributed by atoms with van der Waals surface area (Å²) in [6.07, 6.45) is 3.02. The second-order valence-corrected chi connectivity index (χ2v) is 5.90. The Bertz CT molecular complexity index is 412. The zero-order valence-corrected chi connectivity index (χ0v) is 13.2. The lowest BCUT2D eigenvalue weighted by atomic mass is 10.1. The third-order valence-corrected chi connectivity index (χ3v) is 3.68. The van der Waals surface area contributed by atoms with Gasteiger partial charge < -0.3 is 10.1 Å². The summed E-state index contributed by atoms with van der Waals surface area (Å²) in [5.41, 5.74) is 0.558. The van der Waals surface area contributed by atoms with Gasteiger partial charge >= 0.3 is 0 Å². The predicted molar refractivity (Wildman–Crippen MR) is 80.6 cm³/mol. The lowest BCUT2D eigenvalue weighted by Gasteiger charge is -2.15. The number of hydrogen-bond acceptors (Lipinski definition) is 3. The Morgan fingerprint density at radius 2 is 2.28 bits per heavy atom. The standard InChI is InChI=1S/C13H18BrNO2S/c1-9(6-7-18-3)15-13(16)11-8-10(14)4-5-12(11)17-2/h4-5,8-9H,6-7H2,1-3H3,(H,15,16). The third kappa shape index (κ3) is 4.53. The van der Waals surface area contributed by atoms with Crippen LogP contribution in [0.15, 0.2) is 22.7 Å². The molecule has 0 aliphatic heterocycles. The van der Waals surface area contributed by atoms with Crippen molar-refractivity contribution in [3.63, 3.8) is 0 Å². The topological polar surface area (TPSA) is 38.3 Å². The Kier molecular flexibility index (Phi) is 6.57. The van der Waals surface area contributed by atoms with Crippen LogP contribution in [0.25, 0.3) is 0 Å². The van der Waals surface area contributed by atoms with Gasteiger partial charge in [0.2, 0.25) is 0 Å². The van der Waals surface area contributed by atoms with Crippen molar-refractivity contribution in [2.45, 2.75) is 19.4 Å². The molecule has 0 heterocycles. The van der Waals surface area contributed by atoms with E-state index >= 15 is 0 Å². The second kappa shape index (κ2) is 7.69. The van der Waals surface area contributed by atoms with Gasteiger partial charge in [-0.25, -0.2) is 0 Å². The summed E-state index contributed by atoms with van der Waals surface area (Å²) in [4.78, 5) is 12.1. The zero-order chi connectivity index (χ0) is 13.5. The number of benzene rings is 1.